The van der Waals surface area contributed by atoms with E-state index in [1.54, 1.807) is 4.90 Å². The number of likely N-dealkylation sites (tertiary alicyclic amines) is 1. The number of benzene rings is 2. The molecule has 3 nitrogen and oxygen atoms in total. The van der Waals surface area contributed by atoms with Crippen LogP contribution in [0.2, 0.25) is 0 Å². The second kappa shape index (κ2) is 7.85. The first-order chi connectivity index (χ1) is 13.2. The van der Waals surface area contributed by atoms with Crippen molar-refractivity contribution < 1.29 is 4.79 Å². The molecule has 27 heavy (non-hydrogen) atoms. The molecule has 0 saturated carbocycles. The van der Waals surface area contributed by atoms with Gasteiger partial charge in [-0.1, -0.05) is 30.3 Å². The molecular weight excluding hydrogens is 332 g/mol. The summed E-state index contributed by atoms with van der Waals surface area (Å²) in [7, 11) is 1.85. The SMILES string of the molecule is CCN(C)C(=O)c1cccc(-c2ccc3c(c2)CCC(N2CCCC2)C3)c1. The van der Waals surface area contributed by atoms with Crippen LogP contribution in [0.4, 0.5) is 0 Å². The Morgan fingerprint density at radius 2 is 1.85 bits per heavy atom. The number of aryl methyl sites for hydroxylation is 1. The third kappa shape index (κ3) is 3.79. The van der Waals surface area contributed by atoms with E-state index < -0.39 is 0 Å². The van der Waals surface area contributed by atoms with Crippen molar-refractivity contribution in [3.8, 4) is 11.1 Å². The fourth-order valence-corrected chi connectivity index (χ4v) is 4.53. The summed E-state index contributed by atoms with van der Waals surface area (Å²) in [4.78, 5) is 16.9. The normalized spacial score (nSPS) is 19.7. The fraction of sp³-hybridized carbons (Fsp3) is 0.458. The van der Waals surface area contributed by atoms with Crippen LogP contribution in [-0.4, -0.2) is 48.4 Å². The van der Waals surface area contributed by atoms with Crippen LogP contribution in [0.15, 0.2) is 42.5 Å². The molecule has 1 aliphatic carbocycles. The van der Waals surface area contributed by atoms with E-state index >= 15 is 0 Å². The molecule has 1 amide bonds. The molecule has 4 rings (SSSR count). The lowest BCUT2D eigenvalue weighted by Crippen LogP contribution is -2.37. The number of carbonyl (C=O) groups excluding carboxylic acids is 1. The zero-order valence-electron chi connectivity index (χ0n) is 16.6. The number of rotatable bonds is 4. The molecule has 1 unspecified atom stereocenters. The van der Waals surface area contributed by atoms with Crippen molar-refractivity contribution in [2.75, 3.05) is 26.7 Å². The first-order valence-corrected chi connectivity index (χ1v) is 10.4. The average Bonchev–Trinajstić information content (AvgIpc) is 3.27. The zero-order valence-corrected chi connectivity index (χ0v) is 16.6. The summed E-state index contributed by atoms with van der Waals surface area (Å²) in [5.41, 5.74) is 6.13. The van der Waals surface area contributed by atoms with Gasteiger partial charge in [0.25, 0.3) is 5.91 Å². The molecule has 0 N–H and O–H groups in total. The van der Waals surface area contributed by atoms with Gasteiger partial charge in [-0.3, -0.25) is 4.79 Å². The molecule has 2 aromatic carbocycles. The highest BCUT2D eigenvalue weighted by molar-refractivity contribution is 5.95. The molecule has 3 heteroatoms. The van der Waals surface area contributed by atoms with E-state index in [1.165, 1.54) is 61.9 Å². The minimum atomic E-state index is 0.0887. The second-order valence-corrected chi connectivity index (χ2v) is 8.02. The summed E-state index contributed by atoms with van der Waals surface area (Å²) in [6.45, 7) is 5.29. The largest absolute Gasteiger partial charge is 0.342 e. The van der Waals surface area contributed by atoms with Gasteiger partial charge in [0.2, 0.25) is 0 Å². The van der Waals surface area contributed by atoms with Crippen LogP contribution in [0.3, 0.4) is 0 Å². The van der Waals surface area contributed by atoms with Crippen molar-refractivity contribution in [2.24, 2.45) is 0 Å². The van der Waals surface area contributed by atoms with Gasteiger partial charge in [0.05, 0.1) is 0 Å². The number of hydrogen-bond donors (Lipinski definition) is 0. The molecule has 2 aromatic rings. The Bertz CT molecular complexity index is 823. The van der Waals surface area contributed by atoms with Crippen molar-refractivity contribution in [1.82, 2.24) is 9.80 Å². The van der Waals surface area contributed by atoms with Crippen LogP contribution < -0.4 is 0 Å². The van der Waals surface area contributed by atoms with Gasteiger partial charge in [0, 0.05) is 25.2 Å². The maximum absolute atomic E-state index is 12.5. The Balaban J connectivity index is 1.55. The molecule has 0 radical (unpaired) electrons. The van der Waals surface area contributed by atoms with Gasteiger partial charge in [0.1, 0.15) is 0 Å². The Labute approximate surface area is 163 Å². The maximum Gasteiger partial charge on any atom is 0.253 e. The lowest BCUT2D eigenvalue weighted by molar-refractivity contribution is 0.0802. The summed E-state index contributed by atoms with van der Waals surface area (Å²) in [5, 5.41) is 0. The van der Waals surface area contributed by atoms with E-state index in [0.29, 0.717) is 0 Å². The van der Waals surface area contributed by atoms with E-state index in [2.05, 4.69) is 29.2 Å². The van der Waals surface area contributed by atoms with Crippen molar-refractivity contribution in [2.45, 2.75) is 45.1 Å². The fourth-order valence-electron chi connectivity index (χ4n) is 4.53. The number of fused-ring (bicyclic) bond motifs is 1. The van der Waals surface area contributed by atoms with Crippen LogP contribution >= 0.6 is 0 Å². The Morgan fingerprint density at radius 1 is 1.07 bits per heavy atom. The quantitative estimate of drug-likeness (QED) is 0.805. The summed E-state index contributed by atoms with van der Waals surface area (Å²) < 4.78 is 0. The summed E-state index contributed by atoms with van der Waals surface area (Å²) in [6, 6.07) is 15.7. The summed E-state index contributed by atoms with van der Waals surface area (Å²) in [6.07, 6.45) is 6.36. The van der Waals surface area contributed by atoms with Crippen LogP contribution in [-0.2, 0) is 12.8 Å². The van der Waals surface area contributed by atoms with E-state index in [9.17, 15) is 4.79 Å². The first kappa shape index (κ1) is 18.2. The third-order valence-electron chi connectivity index (χ3n) is 6.33. The first-order valence-electron chi connectivity index (χ1n) is 10.4. The lowest BCUT2D eigenvalue weighted by Gasteiger charge is -2.32. The van der Waals surface area contributed by atoms with Gasteiger partial charge in [-0.15, -0.1) is 0 Å². The van der Waals surface area contributed by atoms with Gasteiger partial charge in [-0.2, -0.15) is 0 Å². The Kier molecular flexibility index (Phi) is 5.31. The van der Waals surface area contributed by atoms with Crippen molar-refractivity contribution in [3.05, 3.63) is 59.2 Å². The number of carbonyl (C=O) groups is 1. The molecule has 142 valence electrons. The minimum Gasteiger partial charge on any atom is -0.342 e. The average molecular weight is 363 g/mol. The zero-order chi connectivity index (χ0) is 18.8. The molecule has 1 aliphatic heterocycles. The van der Waals surface area contributed by atoms with Crippen LogP contribution in [0.5, 0.6) is 0 Å². The summed E-state index contributed by atoms with van der Waals surface area (Å²) in [5.74, 6) is 0.0887. The molecule has 0 aromatic heterocycles. The number of hydrogen-bond acceptors (Lipinski definition) is 2. The highest BCUT2D eigenvalue weighted by Gasteiger charge is 2.26. The monoisotopic (exact) mass is 362 g/mol. The van der Waals surface area contributed by atoms with Crippen LogP contribution in [0.1, 0.15) is 47.7 Å². The molecule has 0 spiro atoms. The van der Waals surface area contributed by atoms with Crippen molar-refractivity contribution in [1.29, 1.82) is 0 Å². The standard InChI is InChI=1S/C24H30N2O/c1-3-25(2)24(27)22-8-6-7-18(16-22)19-9-10-21-17-23(12-11-20(21)15-19)26-13-4-5-14-26/h6-10,15-16,23H,3-5,11-14,17H2,1-2H3. The Morgan fingerprint density at radius 3 is 2.63 bits per heavy atom. The molecule has 0 bridgehead atoms. The predicted octanol–water partition coefficient (Wildman–Crippen LogP) is 4.40. The number of amides is 1. The highest BCUT2D eigenvalue weighted by atomic mass is 16.2. The highest BCUT2D eigenvalue weighted by Crippen LogP contribution is 2.31. The summed E-state index contributed by atoms with van der Waals surface area (Å²) >= 11 is 0. The van der Waals surface area contributed by atoms with Crippen LogP contribution in [0, 0.1) is 0 Å². The van der Waals surface area contributed by atoms with Crippen LogP contribution in [0.25, 0.3) is 11.1 Å². The topological polar surface area (TPSA) is 23.6 Å². The molecule has 1 fully saturated rings. The molecule has 1 heterocycles. The number of nitrogens with zero attached hydrogens (tertiary/aromatic N) is 2. The molecular formula is C24H30N2O. The third-order valence-corrected chi connectivity index (χ3v) is 6.33. The van der Waals surface area contributed by atoms with Gasteiger partial charge in [0.15, 0.2) is 0 Å². The van der Waals surface area contributed by atoms with Gasteiger partial charge >= 0.3 is 0 Å². The van der Waals surface area contributed by atoms with Crippen molar-refractivity contribution >= 4 is 5.91 Å². The minimum absolute atomic E-state index is 0.0887. The molecule has 1 atom stereocenters. The van der Waals surface area contributed by atoms with Crippen molar-refractivity contribution in [3.63, 3.8) is 0 Å². The predicted molar refractivity (Wildman–Crippen MR) is 111 cm³/mol. The smallest absolute Gasteiger partial charge is 0.253 e. The maximum atomic E-state index is 12.5. The van der Waals surface area contributed by atoms with Gasteiger partial charge in [-0.25, -0.2) is 0 Å². The van der Waals surface area contributed by atoms with E-state index in [1.807, 2.05) is 32.2 Å². The van der Waals surface area contributed by atoms with Gasteiger partial charge in [-0.05, 0) is 86.5 Å². The van der Waals surface area contributed by atoms with Gasteiger partial charge < -0.3 is 9.80 Å². The Hall–Kier alpha value is -2.13. The lowest BCUT2D eigenvalue weighted by atomic mass is 9.85. The van der Waals surface area contributed by atoms with E-state index in [4.69, 9.17) is 0 Å². The molecule has 2 aliphatic rings. The van der Waals surface area contributed by atoms with E-state index in [-0.39, 0.29) is 5.91 Å². The van der Waals surface area contributed by atoms with E-state index in [0.717, 1.165) is 23.7 Å². The second-order valence-electron chi connectivity index (χ2n) is 8.02. The molecule has 1 saturated heterocycles.